The molecule has 0 fully saturated rings. The van der Waals surface area contributed by atoms with Crippen LogP contribution in [0.3, 0.4) is 0 Å². The lowest BCUT2D eigenvalue weighted by Gasteiger charge is -1.80. The SMILES string of the molecule is CC=CC#CC#CCCC(=O)O. The van der Waals surface area contributed by atoms with Gasteiger partial charge >= 0.3 is 5.97 Å². The van der Waals surface area contributed by atoms with Gasteiger partial charge in [-0.2, -0.15) is 0 Å². The van der Waals surface area contributed by atoms with Crippen molar-refractivity contribution in [3.05, 3.63) is 12.2 Å². The Morgan fingerprint density at radius 1 is 1.50 bits per heavy atom. The zero-order chi connectivity index (χ0) is 9.23. The summed E-state index contributed by atoms with van der Waals surface area (Å²) in [6.45, 7) is 1.87. The van der Waals surface area contributed by atoms with Crippen LogP contribution in [0.5, 0.6) is 0 Å². The number of carboxylic acids is 1. The molecule has 0 rings (SSSR count). The van der Waals surface area contributed by atoms with Crippen LogP contribution in [0.2, 0.25) is 0 Å². The van der Waals surface area contributed by atoms with Crippen molar-refractivity contribution in [1.29, 1.82) is 0 Å². The van der Waals surface area contributed by atoms with E-state index in [-0.39, 0.29) is 6.42 Å². The van der Waals surface area contributed by atoms with E-state index in [1.54, 1.807) is 6.08 Å². The molecule has 0 amide bonds. The lowest BCUT2D eigenvalue weighted by molar-refractivity contribution is -0.136. The molecule has 0 aromatic heterocycles. The van der Waals surface area contributed by atoms with Crippen LogP contribution < -0.4 is 0 Å². The first-order valence-electron chi connectivity index (χ1n) is 3.58. The van der Waals surface area contributed by atoms with E-state index in [0.29, 0.717) is 6.42 Å². The first-order valence-corrected chi connectivity index (χ1v) is 3.58. The molecule has 0 spiro atoms. The van der Waals surface area contributed by atoms with Crippen LogP contribution >= 0.6 is 0 Å². The Morgan fingerprint density at radius 3 is 2.83 bits per heavy atom. The normalized spacial score (nSPS) is 8.08. The molecular formula is C10H10O2. The van der Waals surface area contributed by atoms with Gasteiger partial charge in [0.05, 0.1) is 6.42 Å². The highest BCUT2D eigenvalue weighted by atomic mass is 16.4. The fourth-order valence-corrected chi connectivity index (χ4v) is 0.437. The molecule has 0 atom stereocenters. The maximum absolute atomic E-state index is 10.0. The third kappa shape index (κ3) is 8.33. The van der Waals surface area contributed by atoms with Gasteiger partial charge in [0, 0.05) is 6.42 Å². The Balaban J connectivity index is 3.63. The third-order valence-electron chi connectivity index (χ3n) is 0.937. The van der Waals surface area contributed by atoms with E-state index in [1.165, 1.54) is 0 Å². The van der Waals surface area contributed by atoms with E-state index in [1.807, 2.05) is 13.0 Å². The molecule has 0 aliphatic heterocycles. The molecule has 12 heavy (non-hydrogen) atoms. The Morgan fingerprint density at radius 2 is 2.25 bits per heavy atom. The smallest absolute Gasteiger partial charge is 0.304 e. The number of aliphatic carboxylic acids is 1. The summed E-state index contributed by atoms with van der Waals surface area (Å²) in [5.74, 6) is 9.60. The van der Waals surface area contributed by atoms with Gasteiger partial charge in [-0.25, -0.2) is 0 Å². The fraction of sp³-hybridized carbons (Fsp3) is 0.300. The van der Waals surface area contributed by atoms with Gasteiger partial charge in [-0.1, -0.05) is 17.9 Å². The van der Waals surface area contributed by atoms with Crippen LogP contribution in [0, 0.1) is 23.7 Å². The number of allylic oxidation sites excluding steroid dienone is 2. The molecule has 0 unspecified atom stereocenters. The maximum atomic E-state index is 10.0. The van der Waals surface area contributed by atoms with Crippen molar-refractivity contribution in [3.8, 4) is 23.7 Å². The van der Waals surface area contributed by atoms with Crippen molar-refractivity contribution in [2.45, 2.75) is 19.8 Å². The van der Waals surface area contributed by atoms with Gasteiger partial charge in [-0.15, -0.1) is 0 Å². The van der Waals surface area contributed by atoms with Gasteiger partial charge < -0.3 is 5.11 Å². The summed E-state index contributed by atoms with van der Waals surface area (Å²) >= 11 is 0. The minimum Gasteiger partial charge on any atom is -0.481 e. The molecule has 2 heteroatoms. The van der Waals surface area contributed by atoms with Gasteiger partial charge in [-0.05, 0) is 24.8 Å². The first kappa shape index (κ1) is 10.3. The maximum Gasteiger partial charge on any atom is 0.304 e. The van der Waals surface area contributed by atoms with Crippen molar-refractivity contribution in [3.63, 3.8) is 0 Å². The lowest BCUT2D eigenvalue weighted by atomic mass is 10.3. The Labute approximate surface area is 72.3 Å². The van der Waals surface area contributed by atoms with E-state index in [4.69, 9.17) is 5.11 Å². The van der Waals surface area contributed by atoms with Gasteiger partial charge in [0.25, 0.3) is 0 Å². The van der Waals surface area contributed by atoms with Crippen molar-refractivity contribution in [2.24, 2.45) is 0 Å². The minimum atomic E-state index is -0.828. The van der Waals surface area contributed by atoms with E-state index in [0.717, 1.165) is 0 Å². The molecule has 0 radical (unpaired) electrons. The highest BCUT2D eigenvalue weighted by Crippen LogP contribution is 1.83. The van der Waals surface area contributed by atoms with Crippen molar-refractivity contribution in [2.75, 3.05) is 0 Å². The van der Waals surface area contributed by atoms with Crippen LogP contribution in [0.15, 0.2) is 12.2 Å². The van der Waals surface area contributed by atoms with Gasteiger partial charge in [0.15, 0.2) is 0 Å². The summed E-state index contributed by atoms with van der Waals surface area (Å²) < 4.78 is 0. The molecular weight excluding hydrogens is 152 g/mol. The zero-order valence-electron chi connectivity index (χ0n) is 6.92. The number of carboxylic acid groups (broad SMARTS) is 1. The largest absolute Gasteiger partial charge is 0.481 e. The molecule has 0 bridgehead atoms. The minimum absolute atomic E-state index is 0.0816. The number of hydrogen-bond donors (Lipinski definition) is 1. The summed E-state index contributed by atoms with van der Waals surface area (Å²) in [5, 5.41) is 8.24. The Kier molecular flexibility index (Phi) is 6.40. The van der Waals surface area contributed by atoms with Crippen LogP contribution in [0.4, 0.5) is 0 Å². The molecule has 1 N–H and O–H groups in total. The molecule has 0 saturated heterocycles. The average molecular weight is 162 g/mol. The van der Waals surface area contributed by atoms with Gasteiger partial charge in [0.1, 0.15) is 0 Å². The predicted octanol–water partition coefficient (Wildman–Crippen LogP) is 1.43. The number of carbonyl (C=O) groups is 1. The van der Waals surface area contributed by atoms with E-state index >= 15 is 0 Å². The molecule has 0 heterocycles. The fourth-order valence-electron chi connectivity index (χ4n) is 0.437. The average Bonchev–Trinajstić information content (AvgIpc) is 2.02. The van der Waals surface area contributed by atoms with Crippen LogP contribution in [0.1, 0.15) is 19.8 Å². The van der Waals surface area contributed by atoms with E-state index < -0.39 is 5.97 Å². The van der Waals surface area contributed by atoms with E-state index in [9.17, 15) is 4.79 Å². The van der Waals surface area contributed by atoms with E-state index in [2.05, 4.69) is 23.7 Å². The van der Waals surface area contributed by atoms with Crippen LogP contribution in [0.25, 0.3) is 0 Å². The Hall–Kier alpha value is -1.67. The summed E-state index contributed by atoms with van der Waals surface area (Å²) in [6.07, 6.45) is 3.94. The Bertz CT molecular complexity index is 278. The van der Waals surface area contributed by atoms with Crippen LogP contribution in [-0.4, -0.2) is 11.1 Å². The summed E-state index contributed by atoms with van der Waals surface area (Å²) in [5.41, 5.74) is 0. The molecule has 2 nitrogen and oxygen atoms in total. The van der Waals surface area contributed by atoms with Crippen molar-refractivity contribution >= 4 is 5.97 Å². The van der Waals surface area contributed by atoms with Crippen LogP contribution in [-0.2, 0) is 4.79 Å². The highest BCUT2D eigenvalue weighted by molar-refractivity contribution is 5.67. The van der Waals surface area contributed by atoms with Gasteiger partial charge in [0.2, 0.25) is 0 Å². The van der Waals surface area contributed by atoms with Crippen molar-refractivity contribution < 1.29 is 9.90 Å². The second kappa shape index (κ2) is 7.44. The number of hydrogen-bond acceptors (Lipinski definition) is 1. The molecule has 0 aliphatic rings. The standard InChI is InChI=1S/C10H10O2/c1-2-3-4-5-6-7-8-9-10(11)12/h2-3H,8-9H2,1H3,(H,11,12). The molecule has 0 aliphatic carbocycles. The molecule has 0 aromatic rings. The number of rotatable bonds is 2. The molecule has 0 aromatic carbocycles. The third-order valence-corrected chi connectivity index (χ3v) is 0.937. The monoisotopic (exact) mass is 162 g/mol. The summed E-state index contributed by atoms with van der Waals surface area (Å²) in [6, 6.07) is 0. The molecule has 62 valence electrons. The molecule has 0 saturated carbocycles. The topological polar surface area (TPSA) is 37.3 Å². The predicted molar refractivity (Wildman–Crippen MR) is 47.2 cm³/mol. The van der Waals surface area contributed by atoms with Crippen molar-refractivity contribution in [1.82, 2.24) is 0 Å². The van der Waals surface area contributed by atoms with Gasteiger partial charge in [-0.3, -0.25) is 4.79 Å². The summed E-state index contributed by atoms with van der Waals surface area (Å²) in [7, 11) is 0. The quantitative estimate of drug-likeness (QED) is 0.624. The highest BCUT2D eigenvalue weighted by Gasteiger charge is 1.90. The second-order valence-corrected chi connectivity index (χ2v) is 1.96. The zero-order valence-corrected chi connectivity index (χ0v) is 6.92. The lowest BCUT2D eigenvalue weighted by Crippen LogP contribution is -1.91. The first-order chi connectivity index (χ1) is 5.77. The second-order valence-electron chi connectivity index (χ2n) is 1.96. The summed E-state index contributed by atoms with van der Waals surface area (Å²) in [4.78, 5) is 10.0.